The first-order valence-corrected chi connectivity index (χ1v) is 14.2. The van der Waals surface area contributed by atoms with Crippen molar-refractivity contribution in [2.24, 2.45) is 5.92 Å². The summed E-state index contributed by atoms with van der Waals surface area (Å²) in [5, 5.41) is 0.759. The Balaban J connectivity index is 1.45. The van der Waals surface area contributed by atoms with Crippen LogP contribution < -0.4 is 14.7 Å². The zero-order valence-electron chi connectivity index (χ0n) is 21.0. The van der Waals surface area contributed by atoms with Gasteiger partial charge < -0.3 is 4.90 Å². The molecule has 204 valence electrons. The second-order valence-corrected chi connectivity index (χ2v) is 12.2. The lowest BCUT2D eigenvalue weighted by Crippen LogP contribution is -2.39. The highest BCUT2D eigenvalue weighted by Crippen LogP contribution is 2.56. The van der Waals surface area contributed by atoms with Crippen molar-refractivity contribution in [1.29, 1.82) is 0 Å². The summed E-state index contributed by atoms with van der Waals surface area (Å²) < 4.78 is 62.6. The van der Waals surface area contributed by atoms with Gasteiger partial charge in [0.25, 0.3) is 15.7 Å². The van der Waals surface area contributed by atoms with Gasteiger partial charge in [0.2, 0.25) is 0 Å². The van der Waals surface area contributed by atoms with E-state index in [9.17, 15) is 31.2 Å². The number of imide groups is 1. The SMILES string of the molecule is CC1CC12C(=O)N(c1ccc(S(=O)(=O)C(F)(F)F)cc1)C(=O)N2c1ccnc2cccc(N3CCCCC3)c12. The van der Waals surface area contributed by atoms with Gasteiger partial charge in [-0.2, -0.15) is 13.2 Å². The molecule has 3 heterocycles. The molecular formula is C27H25F3N4O4S. The highest BCUT2D eigenvalue weighted by molar-refractivity contribution is 7.92. The zero-order valence-corrected chi connectivity index (χ0v) is 21.8. The number of rotatable bonds is 4. The minimum atomic E-state index is -5.57. The molecule has 1 aliphatic carbocycles. The number of nitrogens with zero attached hydrogens (tertiary/aromatic N) is 4. The second-order valence-electron chi connectivity index (χ2n) is 10.3. The molecule has 12 heteroatoms. The van der Waals surface area contributed by atoms with Crippen molar-refractivity contribution in [2.45, 2.75) is 48.5 Å². The van der Waals surface area contributed by atoms with Gasteiger partial charge in [0.15, 0.2) is 0 Å². The number of carbonyl (C=O) groups excluding carboxylic acids is 2. The van der Waals surface area contributed by atoms with Gasteiger partial charge in [0.05, 0.1) is 21.8 Å². The van der Waals surface area contributed by atoms with Crippen LogP contribution in [0.1, 0.15) is 32.6 Å². The summed E-state index contributed by atoms with van der Waals surface area (Å²) in [5.74, 6) is -0.652. The molecular weight excluding hydrogens is 533 g/mol. The van der Waals surface area contributed by atoms with E-state index in [1.54, 1.807) is 12.3 Å². The van der Waals surface area contributed by atoms with E-state index in [1.807, 2.05) is 25.1 Å². The molecule has 2 aromatic carbocycles. The number of piperidine rings is 1. The molecule has 2 atom stereocenters. The standard InChI is InChI=1S/C27H25F3N4O4S/c1-17-16-26(17)24(35)33(18-8-10-19(11-9-18)39(37,38)27(28,29)30)25(36)34(26)22-12-13-31-20-6-5-7-21(23(20)22)32-14-3-2-4-15-32/h5-13,17H,2-4,14-16H2,1H3. The molecule has 8 nitrogen and oxygen atoms in total. The number of anilines is 3. The lowest BCUT2D eigenvalue weighted by atomic mass is 10.0. The minimum Gasteiger partial charge on any atom is -0.371 e. The number of benzene rings is 2. The molecule has 1 aromatic heterocycles. The van der Waals surface area contributed by atoms with E-state index < -0.39 is 37.7 Å². The molecule has 0 radical (unpaired) electrons. The summed E-state index contributed by atoms with van der Waals surface area (Å²) in [6.45, 7) is 3.60. The van der Waals surface area contributed by atoms with Gasteiger partial charge in [-0.1, -0.05) is 13.0 Å². The van der Waals surface area contributed by atoms with Gasteiger partial charge >= 0.3 is 11.5 Å². The Morgan fingerprint density at radius 1 is 0.949 bits per heavy atom. The summed E-state index contributed by atoms with van der Waals surface area (Å²) in [7, 11) is -5.57. The number of alkyl halides is 3. The van der Waals surface area contributed by atoms with Gasteiger partial charge in [-0.15, -0.1) is 0 Å². The predicted molar refractivity (Wildman–Crippen MR) is 139 cm³/mol. The monoisotopic (exact) mass is 558 g/mol. The molecule has 1 saturated carbocycles. The molecule has 39 heavy (non-hydrogen) atoms. The molecule has 1 spiro atoms. The van der Waals surface area contributed by atoms with Crippen LogP contribution in [-0.4, -0.2) is 49.5 Å². The number of sulfone groups is 1. The summed E-state index contributed by atoms with van der Waals surface area (Å²) in [6, 6.07) is 10.5. The Morgan fingerprint density at radius 2 is 1.62 bits per heavy atom. The maximum atomic E-state index is 14.0. The number of amides is 3. The second kappa shape index (κ2) is 8.67. The third-order valence-electron chi connectivity index (χ3n) is 8.00. The van der Waals surface area contributed by atoms with Crippen LogP contribution in [0, 0.1) is 5.92 Å². The smallest absolute Gasteiger partial charge is 0.371 e. The number of fused-ring (bicyclic) bond motifs is 1. The van der Waals surface area contributed by atoms with Crippen molar-refractivity contribution in [3.63, 3.8) is 0 Å². The van der Waals surface area contributed by atoms with Gasteiger partial charge in [0.1, 0.15) is 5.54 Å². The summed E-state index contributed by atoms with van der Waals surface area (Å²) >= 11 is 0. The molecule has 3 amide bonds. The lowest BCUT2D eigenvalue weighted by molar-refractivity contribution is -0.119. The van der Waals surface area contributed by atoms with Crippen molar-refractivity contribution in [3.8, 4) is 0 Å². The fourth-order valence-corrected chi connectivity index (χ4v) is 6.63. The number of hydrogen-bond acceptors (Lipinski definition) is 6. The third kappa shape index (κ3) is 3.71. The van der Waals surface area contributed by atoms with Crippen molar-refractivity contribution < 1.29 is 31.2 Å². The molecule has 0 bridgehead atoms. The Labute approximate surface area is 222 Å². The average Bonchev–Trinajstić information content (AvgIpc) is 3.53. The van der Waals surface area contributed by atoms with Crippen LogP contribution in [-0.2, 0) is 14.6 Å². The first kappa shape index (κ1) is 25.6. The number of pyridine rings is 1. The van der Waals surface area contributed by atoms with Crippen molar-refractivity contribution in [1.82, 2.24) is 4.98 Å². The molecule has 3 aliphatic rings. The van der Waals surface area contributed by atoms with Crippen LogP contribution in [0.2, 0.25) is 0 Å². The fourth-order valence-electron chi connectivity index (χ4n) is 5.87. The van der Waals surface area contributed by atoms with E-state index >= 15 is 0 Å². The summed E-state index contributed by atoms with van der Waals surface area (Å²) in [6.07, 6.45) is 5.24. The Hall–Kier alpha value is -3.67. The summed E-state index contributed by atoms with van der Waals surface area (Å²) in [5.41, 5.74) is -4.45. The molecule has 2 unspecified atom stereocenters. The van der Waals surface area contributed by atoms with Crippen LogP contribution in [0.4, 0.5) is 35.0 Å². The van der Waals surface area contributed by atoms with E-state index in [4.69, 9.17) is 0 Å². The van der Waals surface area contributed by atoms with Gasteiger partial charge in [-0.25, -0.2) is 18.1 Å². The number of carbonyl (C=O) groups is 2. The number of aromatic nitrogens is 1. The largest absolute Gasteiger partial charge is 0.501 e. The van der Waals surface area contributed by atoms with Crippen molar-refractivity contribution >= 4 is 49.7 Å². The third-order valence-corrected chi connectivity index (χ3v) is 9.50. The van der Waals surface area contributed by atoms with Gasteiger partial charge in [-0.05, 0) is 74.1 Å². The van der Waals surface area contributed by atoms with E-state index in [0.29, 0.717) is 17.6 Å². The normalized spacial score (nSPS) is 23.8. The molecule has 2 saturated heterocycles. The Bertz CT molecular complexity index is 1600. The highest BCUT2D eigenvalue weighted by Gasteiger charge is 2.70. The average molecular weight is 559 g/mol. The van der Waals surface area contributed by atoms with Crippen molar-refractivity contribution in [3.05, 3.63) is 54.7 Å². The molecule has 0 N–H and O–H groups in total. The predicted octanol–water partition coefficient (Wildman–Crippen LogP) is 5.27. The van der Waals surface area contributed by atoms with Crippen LogP contribution in [0.3, 0.4) is 0 Å². The van der Waals surface area contributed by atoms with Crippen LogP contribution in [0.15, 0.2) is 59.6 Å². The zero-order chi connectivity index (χ0) is 27.7. The van der Waals surface area contributed by atoms with Gasteiger partial charge in [0, 0.05) is 30.4 Å². The Kier molecular flexibility index (Phi) is 5.69. The first-order chi connectivity index (χ1) is 18.5. The topological polar surface area (TPSA) is 90.9 Å². The van der Waals surface area contributed by atoms with E-state index in [-0.39, 0.29) is 11.6 Å². The van der Waals surface area contributed by atoms with Crippen LogP contribution >= 0.6 is 0 Å². The van der Waals surface area contributed by atoms with Crippen LogP contribution in [0.5, 0.6) is 0 Å². The van der Waals surface area contributed by atoms with Crippen LogP contribution in [0.25, 0.3) is 10.9 Å². The lowest BCUT2D eigenvalue weighted by Gasteiger charge is -2.32. The highest BCUT2D eigenvalue weighted by atomic mass is 32.2. The number of halogens is 3. The van der Waals surface area contributed by atoms with E-state index in [1.165, 1.54) is 4.90 Å². The molecule has 6 rings (SSSR count). The molecule has 2 aliphatic heterocycles. The quantitative estimate of drug-likeness (QED) is 0.406. The van der Waals surface area contributed by atoms with E-state index in [2.05, 4.69) is 9.88 Å². The first-order valence-electron chi connectivity index (χ1n) is 12.7. The maximum Gasteiger partial charge on any atom is 0.501 e. The summed E-state index contributed by atoms with van der Waals surface area (Å²) in [4.78, 5) is 36.0. The fraction of sp³-hybridized carbons (Fsp3) is 0.370. The van der Waals surface area contributed by atoms with Crippen molar-refractivity contribution in [2.75, 3.05) is 27.8 Å². The number of urea groups is 1. The Morgan fingerprint density at radius 3 is 2.23 bits per heavy atom. The molecule has 3 aromatic rings. The van der Waals surface area contributed by atoms with Gasteiger partial charge in [-0.3, -0.25) is 14.7 Å². The maximum absolute atomic E-state index is 14.0. The number of hydrogen-bond donors (Lipinski definition) is 0. The minimum absolute atomic E-state index is 0.00159. The molecule has 3 fully saturated rings. The van der Waals surface area contributed by atoms with E-state index in [0.717, 1.165) is 72.6 Å².